The van der Waals surface area contributed by atoms with Crippen LogP contribution in [0.2, 0.25) is 0 Å². The fraction of sp³-hybridized carbons (Fsp3) is 0.429. The van der Waals surface area contributed by atoms with Crippen molar-refractivity contribution in [3.05, 3.63) is 34.8 Å². The molecule has 0 radical (unpaired) electrons. The average molecular weight is 275 g/mol. The lowest BCUT2D eigenvalue weighted by atomic mass is 9.95. The lowest BCUT2D eigenvalue weighted by Gasteiger charge is -2.20. The van der Waals surface area contributed by atoms with Crippen LogP contribution in [0, 0.1) is 10.3 Å². The number of nitrogens with zero attached hydrogens (tertiary/aromatic N) is 3. The summed E-state index contributed by atoms with van der Waals surface area (Å²) in [6.07, 6.45) is 1.59. The van der Waals surface area contributed by atoms with Crippen LogP contribution in [-0.4, -0.2) is 24.3 Å². The Bertz CT molecular complexity index is 525. The average Bonchev–Trinajstić information content (AvgIpc) is 2.42. The van der Waals surface area contributed by atoms with E-state index in [0.717, 1.165) is 11.1 Å². The highest BCUT2D eigenvalue weighted by Gasteiger charge is 2.18. The molecular formula is C14H21N5O. The van der Waals surface area contributed by atoms with Gasteiger partial charge in [0.1, 0.15) is 5.82 Å². The molecule has 0 aliphatic rings. The van der Waals surface area contributed by atoms with Gasteiger partial charge in [0.15, 0.2) is 5.82 Å². The van der Waals surface area contributed by atoms with Crippen LogP contribution in [0.3, 0.4) is 0 Å². The SMILES string of the molecule is C=CCN(N=O)c1cc(C(C)C)c(C(C)=N)c(NC)n1. The van der Waals surface area contributed by atoms with Gasteiger partial charge in [0.05, 0.1) is 11.8 Å². The highest BCUT2D eigenvalue weighted by molar-refractivity contribution is 6.02. The first kappa shape index (κ1) is 15.8. The number of nitrogens with one attached hydrogen (secondary N) is 2. The highest BCUT2D eigenvalue weighted by Crippen LogP contribution is 2.29. The molecule has 6 heteroatoms. The molecule has 0 saturated carbocycles. The Morgan fingerprint density at radius 1 is 1.65 bits per heavy atom. The molecule has 0 bridgehead atoms. The summed E-state index contributed by atoms with van der Waals surface area (Å²) in [6, 6.07) is 1.81. The van der Waals surface area contributed by atoms with Gasteiger partial charge in [-0.05, 0) is 24.5 Å². The van der Waals surface area contributed by atoms with Crippen LogP contribution in [0.4, 0.5) is 11.6 Å². The van der Waals surface area contributed by atoms with Crippen molar-refractivity contribution in [1.82, 2.24) is 4.98 Å². The number of nitroso groups, excluding NO2 is 1. The fourth-order valence-electron chi connectivity index (χ4n) is 2.00. The minimum absolute atomic E-state index is 0.205. The first-order valence-corrected chi connectivity index (χ1v) is 6.46. The molecule has 1 aromatic heterocycles. The van der Waals surface area contributed by atoms with Crippen molar-refractivity contribution in [3.8, 4) is 0 Å². The van der Waals surface area contributed by atoms with E-state index in [1.165, 1.54) is 5.01 Å². The van der Waals surface area contributed by atoms with Crippen LogP contribution in [-0.2, 0) is 0 Å². The predicted octanol–water partition coefficient (Wildman–Crippen LogP) is 3.31. The monoisotopic (exact) mass is 275 g/mol. The van der Waals surface area contributed by atoms with Gasteiger partial charge >= 0.3 is 0 Å². The van der Waals surface area contributed by atoms with Crippen molar-refractivity contribution < 1.29 is 0 Å². The van der Waals surface area contributed by atoms with Crippen molar-refractivity contribution in [2.45, 2.75) is 26.7 Å². The third kappa shape index (κ3) is 3.20. The number of pyridine rings is 1. The maximum Gasteiger partial charge on any atom is 0.154 e. The maximum atomic E-state index is 10.9. The zero-order chi connectivity index (χ0) is 15.3. The van der Waals surface area contributed by atoms with Gasteiger partial charge < -0.3 is 10.7 Å². The molecule has 20 heavy (non-hydrogen) atoms. The highest BCUT2D eigenvalue weighted by atomic mass is 16.3. The quantitative estimate of drug-likeness (QED) is 0.346. The molecule has 0 unspecified atom stereocenters. The van der Waals surface area contributed by atoms with Crippen LogP contribution in [0.15, 0.2) is 24.0 Å². The number of anilines is 2. The molecule has 108 valence electrons. The van der Waals surface area contributed by atoms with Gasteiger partial charge in [-0.2, -0.15) is 0 Å². The van der Waals surface area contributed by atoms with Gasteiger partial charge in [-0.15, -0.1) is 11.5 Å². The van der Waals surface area contributed by atoms with E-state index in [1.807, 2.05) is 19.9 Å². The largest absolute Gasteiger partial charge is 0.373 e. The van der Waals surface area contributed by atoms with Gasteiger partial charge in [0, 0.05) is 18.3 Å². The molecule has 0 atom stereocenters. The van der Waals surface area contributed by atoms with Gasteiger partial charge in [-0.3, -0.25) is 0 Å². The van der Waals surface area contributed by atoms with E-state index in [2.05, 4.69) is 22.2 Å². The van der Waals surface area contributed by atoms with Crippen LogP contribution in [0.1, 0.15) is 37.8 Å². The second-order valence-electron chi connectivity index (χ2n) is 4.78. The van der Waals surface area contributed by atoms with E-state index in [4.69, 9.17) is 5.41 Å². The van der Waals surface area contributed by atoms with E-state index >= 15 is 0 Å². The Kier molecular flexibility index (Phi) is 5.37. The summed E-state index contributed by atoms with van der Waals surface area (Å²) in [5.41, 5.74) is 2.17. The zero-order valence-corrected chi connectivity index (χ0v) is 12.4. The molecule has 0 amide bonds. The van der Waals surface area contributed by atoms with Crippen LogP contribution in [0.25, 0.3) is 0 Å². The lowest BCUT2D eigenvalue weighted by Crippen LogP contribution is -2.19. The number of rotatable bonds is 7. The van der Waals surface area contributed by atoms with Crippen LogP contribution >= 0.6 is 0 Å². The smallest absolute Gasteiger partial charge is 0.154 e. The Morgan fingerprint density at radius 2 is 2.30 bits per heavy atom. The second-order valence-corrected chi connectivity index (χ2v) is 4.78. The van der Waals surface area contributed by atoms with E-state index in [0.29, 0.717) is 23.9 Å². The third-order valence-electron chi connectivity index (χ3n) is 2.94. The van der Waals surface area contributed by atoms with Crippen molar-refractivity contribution in [2.24, 2.45) is 5.29 Å². The van der Waals surface area contributed by atoms with E-state index < -0.39 is 0 Å². The fourth-order valence-corrected chi connectivity index (χ4v) is 2.00. The van der Waals surface area contributed by atoms with Gasteiger partial charge in [-0.1, -0.05) is 19.9 Å². The summed E-state index contributed by atoms with van der Waals surface area (Å²) in [5.74, 6) is 1.24. The summed E-state index contributed by atoms with van der Waals surface area (Å²) < 4.78 is 0. The first-order chi connectivity index (χ1) is 9.46. The Morgan fingerprint density at radius 3 is 2.70 bits per heavy atom. The summed E-state index contributed by atoms with van der Waals surface area (Å²) in [7, 11) is 1.74. The van der Waals surface area contributed by atoms with Crippen LogP contribution in [0.5, 0.6) is 0 Å². The molecule has 0 aromatic carbocycles. The minimum Gasteiger partial charge on any atom is -0.373 e. The van der Waals surface area contributed by atoms with Crippen molar-refractivity contribution in [2.75, 3.05) is 23.9 Å². The van der Waals surface area contributed by atoms with Crippen molar-refractivity contribution in [1.29, 1.82) is 5.41 Å². The Hall–Kier alpha value is -2.24. The topological polar surface area (TPSA) is 81.4 Å². The van der Waals surface area contributed by atoms with Gasteiger partial charge in [-0.25, -0.2) is 9.99 Å². The molecule has 0 spiro atoms. The molecule has 1 heterocycles. The third-order valence-corrected chi connectivity index (χ3v) is 2.94. The molecule has 1 aromatic rings. The second kappa shape index (κ2) is 6.79. The van der Waals surface area contributed by atoms with Gasteiger partial charge in [0.2, 0.25) is 0 Å². The summed E-state index contributed by atoms with van der Waals surface area (Å²) in [4.78, 5) is 15.3. The normalized spacial score (nSPS) is 10.2. The molecular weight excluding hydrogens is 254 g/mol. The number of hydrogen-bond acceptors (Lipinski definition) is 5. The van der Waals surface area contributed by atoms with Crippen molar-refractivity contribution in [3.63, 3.8) is 0 Å². The van der Waals surface area contributed by atoms with Crippen LogP contribution < -0.4 is 10.3 Å². The van der Waals surface area contributed by atoms with E-state index in [9.17, 15) is 4.91 Å². The summed E-state index contributed by atoms with van der Waals surface area (Å²) in [6.45, 7) is 9.70. The number of aromatic nitrogens is 1. The molecule has 0 aliphatic heterocycles. The van der Waals surface area contributed by atoms with E-state index in [1.54, 1.807) is 20.0 Å². The molecule has 0 aliphatic carbocycles. The molecule has 0 fully saturated rings. The minimum atomic E-state index is 0.205. The van der Waals surface area contributed by atoms with Crippen molar-refractivity contribution >= 4 is 17.3 Å². The molecule has 6 nitrogen and oxygen atoms in total. The molecule has 2 N–H and O–H groups in total. The number of hydrogen-bond donors (Lipinski definition) is 2. The molecule has 0 saturated heterocycles. The molecule has 1 rings (SSSR count). The Labute approximate surface area is 119 Å². The van der Waals surface area contributed by atoms with E-state index in [-0.39, 0.29) is 5.92 Å². The standard InChI is InChI=1S/C14H21N5O/c1-6-7-19(18-20)12-8-11(9(2)3)13(10(4)15)14(16-5)17-12/h6,8-9,15H,1,7H2,2-5H3,(H,16,17). The lowest BCUT2D eigenvalue weighted by molar-refractivity contribution is 0.846. The predicted molar refractivity (Wildman–Crippen MR) is 83.7 cm³/mol. The Balaban J connectivity index is 3.50. The van der Waals surface area contributed by atoms with Gasteiger partial charge in [0.25, 0.3) is 0 Å². The summed E-state index contributed by atoms with van der Waals surface area (Å²) in [5, 5.41) is 15.1. The zero-order valence-electron chi connectivity index (χ0n) is 12.4. The first-order valence-electron chi connectivity index (χ1n) is 6.46. The summed E-state index contributed by atoms with van der Waals surface area (Å²) >= 11 is 0. The maximum absolute atomic E-state index is 10.9.